The molecule has 5 rings (SSSR count). The van der Waals surface area contributed by atoms with E-state index in [1.807, 2.05) is 0 Å². The molecule has 0 spiro atoms. The van der Waals surface area contributed by atoms with Gasteiger partial charge in [-0.1, -0.05) is 0 Å². The molecule has 0 atom stereocenters. The van der Waals surface area contributed by atoms with Crippen molar-refractivity contribution < 1.29 is 26.3 Å². The maximum Gasteiger partial charge on any atom is 0.451 e. The van der Waals surface area contributed by atoms with E-state index in [1.165, 1.54) is 0 Å². The topological polar surface area (TPSA) is 242 Å². The Kier molecular flexibility index (Phi) is 7.90. The Morgan fingerprint density at radius 1 is 0.460 bits per heavy atom. The van der Waals surface area contributed by atoms with Crippen molar-refractivity contribution in [2.75, 3.05) is 0 Å². The molecule has 0 unspecified atom stereocenters. The van der Waals surface area contributed by atoms with Crippen LogP contribution >= 0.6 is 0 Å². The summed E-state index contributed by atoms with van der Waals surface area (Å²) < 4.78 is 79.6. The van der Waals surface area contributed by atoms with Crippen LogP contribution in [0.3, 0.4) is 0 Å². The molecule has 2 aliphatic carbocycles. The number of allylic oxidation sites excluding steroid dienone is 8. The van der Waals surface area contributed by atoms with Gasteiger partial charge >= 0.3 is 12.4 Å². The first-order valence-corrected chi connectivity index (χ1v) is 13.0. The molecule has 2 aliphatic rings. The number of aromatic nitrogens is 4. The van der Waals surface area contributed by atoms with Crippen molar-refractivity contribution in [2.45, 2.75) is 12.4 Å². The lowest BCUT2D eigenvalue weighted by Crippen LogP contribution is -2.10. The Balaban J connectivity index is 2.02. The first-order valence-electron chi connectivity index (χ1n) is 13.0. The maximum atomic E-state index is 13.3. The Hall–Kier alpha value is -8.16. The first-order chi connectivity index (χ1) is 23.8. The normalized spacial score (nSPS) is 13.0. The average Bonchev–Trinajstić information content (AvgIpc) is 3.61. The van der Waals surface area contributed by atoms with Crippen LogP contribution in [0, 0.1) is 90.6 Å². The van der Waals surface area contributed by atoms with Gasteiger partial charge in [-0.05, 0) is 0 Å². The van der Waals surface area contributed by atoms with Crippen LogP contribution in [0.4, 0.5) is 26.3 Å². The summed E-state index contributed by atoms with van der Waals surface area (Å²) in [4.78, 5) is 13.0. The zero-order chi connectivity index (χ0) is 36.7. The highest BCUT2D eigenvalue weighted by molar-refractivity contribution is 6.32. The van der Waals surface area contributed by atoms with Crippen molar-refractivity contribution >= 4 is 33.4 Å². The Morgan fingerprint density at radius 2 is 0.760 bits per heavy atom. The number of alkyl halides is 6. The highest BCUT2D eigenvalue weighted by Gasteiger charge is 2.44. The molecule has 234 valence electrons. The number of nitriles is 8. The summed E-state index contributed by atoms with van der Waals surface area (Å²) in [6.45, 7) is 0. The number of nitrogens with zero attached hydrogens (tertiary/aromatic N) is 12. The molecule has 2 heterocycles. The highest BCUT2D eigenvalue weighted by Crippen LogP contribution is 2.57. The summed E-state index contributed by atoms with van der Waals surface area (Å²) >= 11 is 0. The number of hydrogen-bond acceptors (Lipinski definition) is 12. The Bertz CT molecular complexity index is 2350. The predicted molar refractivity (Wildman–Crippen MR) is 151 cm³/mol. The minimum atomic E-state index is -4.99. The van der Waals surface area contributed by atoms with Crippen molar-refractivity contribution in [3.05, 3.63) is 92.1 Å². The van der Waals surface area contributed by atoms with Crippen LogP contribution in [-0.2, 0) is 12.4 Å². The lowest BCUT2D eigenvalue weighted by atomic mass is 9.82. The van der Waals surface area contributed by atoms with E-state index < -0.39 is 102 Å². The predicted octanol–water partition coefficient (Wildman–Crippen LogP) is 5.55. The van der Waals surface area contributed by atoms with Gasteiger partial charge in [0.1, 0.15) is 59.7 Å². The molecule has 0 saturated heterocycles. The van der Waals surface area contributed by atoms with Gasteiger partial charge in [-0.2, -0.15) is 68.4 Å². The molecule has 1 aromatic carbocycles. The summed E-state index contributed by atoms with van der Waals surface area (Å²) in [6.07, 6.45) is -7.47. The zero-order valence-corrected chi connectivity index (χ0v) is 23.9. The minimum Gasteiger partial charge on any atom is -0.232 e. The Labute approximate surface area is 274 Å². The van der Waals surface area contributed by atoms with Gasteiger partial charge in [-0.3, -0.25) is 0 Å². The van der Waals surface area contributed by atoms with Crippen molar-refractivity contribution in [1.29, 1.82) is 42.1 Å². The molecule has 0 N–H and O–H groups in total. The van der Waals surface area contributed by atoms with E-state index >= 15 is 0 Å². The molecule has 0 saturated carbocycles. The van der Waals surface area contributed by atoms with E-state index in [0.29, 0.717) is 24.8 Å². The standard InChI is InChI=1S/C32H4F6N12/c33-31(34,35)29-47-9-15(10-48-29)21-17(5-43)25-20(8-46)28-24(14(3-41)4-42)22(16-11-49-30(50-12-16)32(36,37)38)18(6-44)26(28)19(7-45)27(25)23(21)13(1-39)2-40/h9-12H. The summed E-state index contributed by atoms with van der Waals surface area (Å²) in [5.74, 6) is -3.18. The molecule has 0 amide bonds. The quantitative estimate of drug-likeness (QED) is 0.241. The van der Waals surface area contributed by atoms with Crippen LogP contribution in [0.5, 0.6) is 0 Å². The highest BCUT2D eigenvalue weighted by atomic mass is 19.4. The van der Waals surface area contributed by atoms with Gasteiger partial charge in [-0.15, -0.1) is 0 Å². The third kappa shape index (κ3) is 4.80. The number of rotatable bonds is 2. The van der Waals surface area contributed by atoms with Crippen molar-refractivity contribution in [2.24, 2.45) is 0 Å². The molecule has 0 aliphatic heterocycles. The Morgan fingerprint density at radius 3 is 0.980 bits per heavy atom. The van der Waals surface area contributed by atoms with Gasteiger partial charge in [0, 0.05) is 80.5 Å². The van der Waals surface area contributed by atoms with Crippen LogP contribution in [0.25, 0.3) is 33.4 Å². The van der Waals surface area contributed by atoms with Crippen LogP contribution in [0.2, 0.25) is 0 Å². The monoisotopic (exact) mass is 670 g/mol. The van der Waals surface area contributed by atoms with Gasteiger partial charge in [0.2, 0.25) is 11.6 Å². The second-order valence-corrected chi connectivity index (χ2v) is 9.73. The van der Waals surface area contributed by atoms with Crippen LogP contribution < -0.4 is 0 Å². The fraction of sp³-hybridized carbons (Fsp3) is 0.0625. The minimum absolute atomic E-state index is 0.360. The van der Waals surface area contributed by atoms with E-state index in [4.69, 9.17) is 0 Å². The number of halogens is 6. The maximum absolute atomic E-state index is 13.3. The molecule has 0 fully saturated rings. The van der Waals surface area contributed by atoms with Crippen molar-refractivity contribution in [3.8, 4) is 48.6 Å². The van der Waals surface area contributed by atoms with E-state index in [-0.39, 0.29) is 11.1 Å². The third-order valence-corrected chi connectivity index (χ3v) is 7.28. The summed E-state index contributed by atoms with van der Waals surface area (Å²) in [5.41, 5.74) is -8.41. The number of fused-ring (bicyclic) bond motifs is 2. The van der Waals surface area contributed by atoms with Crippen molar-refractivity contribution in [3.63, 3.8) is 0 Å². The van der Waals surface area contributed by atoms with Crippen LogP contribution in [-0.4, -0.2) is 19.9 Å². The second kappa shape index (κ2) is 11.9. The van der Waals surface area contributed by atoms with Gasteiger partial charge in [0.05, 0.1) is 22.3 Å². The molecule has 50 heavy (non-hydrogen) atoms. The van der Waals surface area contributed by atoms with E-state index in [1.54, 1.807) is 48.6 Å². The van der Waals surface area contributed by atoms with E-state index in [0.717, 1.165) is 0 Å². The molecule has 0 radical (unpaired) electrons. The largest absolute Gasteiger partial charge is 0.451 e. The van der Waals surface area contributed by atoms with Gasteiger partial charge in [0.25, 0.3) is 0 Å². The van der Waals surface area contributed by atoms with E-state index in [9.17, 15) is 68.4 Å². The van der Waals surface area contributed by atoms with Crippen LogP contribution in [0.15, 0.2) is 35.9 Å². The SMILES string of the molecule is N#CC(C#N)=C1C(c2cnc(C(F)(F)F)nc2)=C(C#N)c2c(C#N)c3c(c(C#N)c21)C(C#N)=C(c1cnc(C(F)(F)F)nc1)C3=C(C#N)C#N. The summed E-state index contributed by atoms with van der Waals surface area (Å²) in [5, 5.41) is 81.6. The molecular formula is C32H4F6N12. The fourth-order valence-corrected chi connectivity index (χ4v) is 5.51. The first kappa shape index (κ1) is 33.2. The second-order valence-electron chi connectivity index (χ2n) is 9.73. The third-order valence-electron chi connectivity index (χ3n) is 7.28. The molecule has 2 aromatic heterocycles. The summed E-state index contributed by atoms with van der Waals surface area (Å²) in [6, 6.07) is 13.4. The number of benzene rings is 1. The van der Waals surface area contributed by atoms with Gasteiger partial charge in [-0.25, -0.2) is 19.9 Å². The summed E-state index contributed by atoms with van der Waals surface area (Å²) in [7, 11) is 0. The lowest BCUT2D eigenvalue weighted by molar-refractivity contribution is -0.145. The lowest BCUT2D eigenvalue weighted by Gasteiger charge is -2.15. The molecular weight excluding hydrogens is 666 g/mol. The van der Waals surface area contributed by atoms with Gasteiger partial charge in [0.15, 0.2) is 0 Å². The fourth-order valence-electron chi connectivity index (χ4n) is 5.51. The van der Waals surface area contributed by atoms with Crippen molar-refractivity contribution in [1.82, 2.24) is 19.9 Å². The van der Waals surface area contributed by atoms with E-state index in [2.05, 4.69) is 19.9 Å². The molecule has 0 bridgehead atoms. The molecule has 18 heteroatoms. The average molecular weight is 670 g/mol. The van der Waals surface area contributed by atoms with Gasteiger partial charge < -0.3 is 0 Å². The molecule has 3 aromatic rings. The molecule has 12 nitrogen and oxygen atoms in total. The number of hydrogen-bond donors (Lipinski definition) is 0. The zero-order valence-electron chi connectivity index (χ0n) is 23.9. The smallest absolute Gasteiger partial charge is 0.232 e. The van der Waals surface area contributed by atoms with Crippen LogP contribution in [0.1, 0.15) is 56.2 Å².